The Labute approximate surface area is 181 Å². The standard InChI is InChI=1S/C25H24ClFN2O/c26-22-12-11-21(23(27)18-22)17-24(30)28-13-15-29(16-14-28)25(19-7-3-1-4-8-19)20-9-5-2-6-10-20/h1-12,18,25H,13-17H2. The average Bonchev–Trinajstić information content (AvgIpc) is 2.78. The molecule has 0 saturated carbocycles. The molecule has 0 radical (unpaired) electrons. The highest BCUT2D eigenvalue weighted by Crippen LogP contribution is 2.29. The molecule has 1 fully saturated rings. The molecule has 0 spiro atoms. The van der Waals surface area contributed by atoms with Crippen molar-refractivity contribution in [2.24, 2.45) is 0 Å². The van der Waals surface area contributed by atoms with Crippen LogP contribution >= 0.6 is 11.6 Å². The number of piperazine rings is 1. The summed E-state index contributed by atoms with van der Waals surface area (Å²) in [6, 6.07) is 25.5. The summed E-state index contributed by atoms with van der Waals surface area (Å²) in [6.45, 7) is 2.79. The maximum atomic E-state index is 14.1. The summed E-state index contributed by atoms with van der Waals surface area (Å²) in [6.07, 6.45) is 0.0593. The van der Waals surface area contributed by atoms with E-state index in [1.54, 1.807) is 12.1 Å². The lowest BCUT2D eigenvalue weighted by Crippen LogP contribution is -2.50. The quantitative estimate of drug-likeness (QED) is 0.580. The summed E-state index contributed by atoms with van der Waals surface area (Å²) < 4.78 is 14.1. The molecule has 3 aromatic rings. The first-order valence-electron chi connectivity index (χ1n) is 10.2. The van der Waals surface area contributed by atoms with Gasteiger partial charge in [-0.25, -0.2) is 4.39 Å². The minimum Gasteiger partial charge on any atom is -0.340 e. The van der Waals surface area contributed by atoms with Crippen molar-refractivity contribution < 1.29 is 9.18 Å². The van der Waals surface area contributed by atoms with Gasteiger partial charge in [0.25, 0.3) is 0 Å². The fourth-order valence-corrected chi connectivity index (χ4v) is 4.21. The number of amides is 1. The zero-order chi connectivity index (χ0) is 20.9. The minimum absolute atomic E-state index is 0.0492. The second-order valence-electron chi connectivity index (χ2n) is 7.55. The first-order valence-corrected chi connectivity index (χ1v) is 10.6. The van der Waals surface area contributed by atoms with Crippen LogP contribution in [-0.4, -0.2) is 41.9 Å². The largest absolute Gasteiger partial charge is 0.340 e. The Kier molecular flexibility index (Phi) is 6.46. The molecular formula is C25H24ClFN2O. The van der Waals surface area contributed by atoms with E-state index in [0.29, 0.717) is 23.7 Å². The highest BCUT2D eigenvalue weighted by molar-refractivity contribution is 6.30. The van der Waals surface area contributed by atoms with Gasteiger partial charge in [-0.2, -0.15) is 0 Å². The zero-order valence-electron chi connectivity index (χ0n) is 16.7. The predicted octanol–water partition coefficient (Wildman–Crippen LogP) is 4.96. The molecule has 0 unspecified atom stereocenters. The molecule has 1 amide bonds. The van der Waals surface area contributed by atoms with Crippen molar-refractivity contribution >= 4 is 17.5 Å². The molecule has 1 aliphatic heterocycles. The fourth-order valence-electron chi connectivity index (χ4n) is 4.05. The molecule has 3 nitrogen and oxygen atoms in total. The van der Waals surface area contributed by atoms with Crippen molar-refractivity contribution in [2.45, 2.75) is 12.5 Å². The van der Waals surface area contributed by atoms with Crippen LogP contribution in [0, 0.1) is 5.82 Å². The minimum atomic E-state index is -0.428. The Hall–Kier alpha value is -2.69. The van der Waals surface area contributed by atoms with Gasteiger partial charge in [-0.1, -0.05) is 78.3 Å². The lowest BCUT2D eigenvalue weighted by atomic mass is 9.96. The van der Waals surface area contributed by atoms with Crippen molar-refractivity contribution in [2.75, 3.05) is 26.2 Å². The maximum absolute atomic E-state index is 14.1. The van der Waals surface area contributed by atoms with Crippen LogP contribution in [0.15, 0.2) is 78.9 Å². The smallest absolute Gasteiger partial charge is 0.227 e. The van der Waals surface area contributed by atoms with E-state index in [1.165, 1.54) is 17.2 Å². The summed E-state index contributed by atoms with van der Waals surface area (Å²) in [5.41, 5.74) is 2.87. The summed E-state index contributed by atoms with van der Waals surface area (Å²) in [7, 11) is 0. The van der Waals surface area contributed by atoms with E-state index < -0.39 is 5.82 Å². The predicted molar refractivity (Wildman–Crippen MR) is 118 cm³/mol. The monoisotopic (exact) mass is 422 g/mol. The Morgan fingerprint density at radius 1 is 0.867 bits per heavy atom. The molecule has 1 heterocycles. The normalized spacial score (nSPS) is 14.8. The van der Waals surface area contributed by atoms with Gasteiger partial charge in [-0.05, 0) is 28.8 Å². The van der Waals surface area contributed by atoms with Gasteiger partial charge in [0, 0.05) is 31.2 Å². The van der Waals surface area contributed by atoms with Gasteiger partial charge in [0.2, 0.25) is 5.91 Å². The summed E-state index contributed by atoms with van der Waals surface area (Å²) in [5, 5.41) is 0.338. The van der Waals surface area contributed by atoms with E-state index >= 15 is 0 Å². The van der Waals surface area contributed by atoms with Crippen LogP contribution in [0.2, 0.25) is 5.02 Å². The topological polar surface area (TPSA) is 23.6 Å². The highest BCUT2D eigenvalue weighted by atomic mass is 35.5. The Bertz CT molecular complexity index is 949. The van der Waals surface area contributed by atoms with Crippen molar-refractivity contribution in [3.63, 3.8) is 0 Å². The zero-order valence-corrected chi connectivity index (χ0v) is 17.4. The van der Waals surface area contributed by atoms with E-state index in [9.17, 15) is 9.18 Å². The molecule has 0 atom stereocenters. The van der Waals surface area contributed by atoms with Gasteiger partial charge >= 0.3 is 0 Å². The second-order valence-corrected chi connectivity index (χ2v) is 7.99. The van der Waals surface area contributed by atoms with Crippen LogP contribution in [0.3, 0.4) is 0 Å². The highest BCUT2D eigenvalue weighted by Gasteiger charge is 2.28. The molecule has 1 saturated heterocycles. The van der Waals surface area contributed by atoms with Gasteiger partial charge in [0.15, 0.2) is 0 Å². The maximum Gasteiger partial charge on any atom is 0.227 e. The second kappa shape index (κ2) is 9.41. The van der Waals surface area contributed by atoms with E-state index in [0.717, 1.165) is 13.1 Å². The first kappa shape index (κ1) is 20.6. The third-order valence-corrected chi connectivity index (χ3v) is 5.85. The molecule has 1 aliphatic rings. The molecule has 30 heavy (non-hydrogen) atoms. The van der Waals surface area contributed by atoms with E-state index in [2.05, 4.69) is 53.4 Å². The SMILES string of the molecule is O=C(Cc1ccc(Cl)cc1F)N1CCN(C(c2ccccc2)c2ccccc2)CC1. The number of nitrogens with zero attached hydrogens (tertiary/aromatic N) is 2. The Morgan fingerprint density at radius 2 is 1.43 bits per heavy atom. The van der Waals surface area contributed by atoms with Crippen LogP contribution in [0.4, 0.5) is 4.39 Å². The molecule has 0 aromatic heterocycles. The Balaban J connectivity index is 1.45. The van der Waals surface area contributed by atoms with Crippen molar-refractivity contribution in [3.8, 4) is 0 Å². The molecule has 0 N–H and O–H groups in total. The molecular weight excluding hydrogens is 399 g/mol. The van der Waals surface area contributed by atoms with Gasteiger partial charge in [0.1, 0.15) is 5.82 Å². The van der Waals surface area contributed by atoms with Gasteiger partial charge in [-0.3, -0.25) is 9.69 Å². The van der Waals surface area contributed by atoms with Crippen LogP contribution < -0.4 is 0 Å². The average molecular weight is 423 g/mol. The lowest BCUT2D eigenvalue weighted by molar-refractivity contribution is -0.132. The lowest BCUT2D eigenvalue weighted by Gasteiger charge is -2.40. The third kappa shape index (κ3) is 4.72. The van der Waals surface area contributed by atoms with Crippen molar-refractivity contribution in [1.82, 2.24) is 9.80 Å². The van der Waals surface area contributed by atoms with Crippen LogP contribution in [0.25, 0.3) is 0 Å². The number of hydrogen-bond donors (Lipinski definition) is 0. The fraction of sp³-hybridized carbons (Fsp3) is 0.240. The van der Waals surface area contributed by atoms with Crippen LogP contribution in [0.1, 0.15) is 22.7 Å². The number of benzene rings is 3. The van der Waals surface area contributed by atoms with E-state index in [4.69, 9.17) is 11.6 Å². The van der Waals surface area contributed by atoms with E-state index in [-0.39, 0.29) is 18.4 Å². The molecule has 0 bridgehead atoms. The number of carbonyl (C=O) groups excluding carboxylic acids is 1. The van der Waals surface area contributed by atoms with Crippen molar-refractivity contribution in [1.29, 1.82) is 0 Å². The Morgan fingerprint density at radius 3 is 1.97 bits per heavy atom. The number of carbonyl (C=O) groups is 1. The summed E-state index contributed by atoms with van der Waals surface area (Å²) in [4.78, 5) is 17.0. The van der Waals surface area contributed by atoms with Gasteiger partial charge < -0.3 is 4.90 Å². The number of hydrogen-bond acceptors (Lipinski definition) is 2. The molecule has 4 rings (SSSR count). The number of halogens is 2. The number of rotatable bonds is 5. The van der Waals surface area contributed by atoms with Crippen LogP contribution in [-0.2, 0) is 11.2 Å². The molecule has 0 aliphatic carbocycles. The molecule has 3 aromatic carbocycles. The third-order valence-electron chi connectivity index (χ3n) is 5.62. The van der Waals surface area contributed by atoms with Crippen molar-refractivity contribution in [3.05, 3.63) is 106 Å². The first-order chi connectivity index (χ1) is 14.6. The molecule has 154 valence electrons. The summed E-state index contributed by atoms with van der Waals surface area (Å²) >= 11 is 5.81. The molecule has 5 heteroatoms. The summed E-state index contributed by atoms with van der Waals surface area (Å²) in [5.74, 6) is -0.477. The van der Waals surface area contributed by atoms with Gasteiger partial charge in [-0.15, -0.1) is 0 Å². The van der Waals surface area contributed by atoms with E-state index in [1.807, 2.05) is 17.0 Å². The van der Waals surface area contributed by atoms with Crippen LogP contribution in [0.5, 0.6) is 0 Å². The van der Waals surface area contributed by atoms with Gasteiger partial charge in [0.05, 0.1) is 12.5 Å².